The first-order valence-electron chi connectivity index (χ1n) is 11.4. The number of amides is 1. The number of nitrogens with zero attached hydrogens (tertiary/aromatic N) is 2. The van der Waals surface area contributed by atoms with Crippen molar-refractivity contribution < 1.29 is 19.1 Å². The van der Waals surface area contributed by atoms with Gasteiger partial charge in [-0.3, -0.25) is 15.1 Å². The summed E-state index contributed by atoms with van der Waals surface area (Å²) in [5.41, 5.74) is 3.97. The van der Waals surface area contributed by atoms with E-state index in [9.17, 15) is 9.59 Å². The molecule has 1 aliphatic rings. The highest BCUT2D eigenvalue weighted by atomic mass is 32.1. The Morgan fingerprint density at radius 2 is 2.00 bits per heavy atom. The van der Waals surface area contributed by atoms with E-state index in [1.807, 2.05) is 49.4 Å². The molecule has 2 aromatic heterocycles. The molecule has 5 rings (SSSR count). The standard InChI is InChI=1S/C26H25N3O4S/c1-3-32-16-9-11-21-22(13-16)34-26(28-21)29-23(30)14-33-25(31)24-17-6-4-5-7-19(17)27-20-10-8-15(2)12-18(20)24/h4-7,9,11,13,15H,3,8,10,12,14H2,1-2H3,(H,28,29,30). The number of hydrogen-bond acceptors (Lipinski definition) is 7. The third-order valence-electron chi connectivity index (χ3n) is 5.96. The Bertz CT molecular complexity index is 1400. The van der Waals surface area contributed by atoms with Gasteiger partial charge in [0.2, 0.25) is 0 Å². The fourth-order valence-corrected chi connectivity index (χ4v) is 5.28. The molecule has 1 aliphatic carbocycles. The molecule has 174 valence electrons. The summed E-state index contributed by atoms with van der Waals surface area (Å²) < 4.78 is 11.9. The van der Waals surface area contributed by atoms with Crippen LogP contribution in [-0.2, 0) is 22.4 Å². The molecule has 0 bridgehead atoms. The van der Waals surface area contributed by atoms with Crippen LogP contribution >= 0.6 is 11.3 Å². The fraction of sp³-hybridized carbons (Fsp3) is 0.308. The van der Waals surface area contributed by atoms with E-state index in [-0.39, 0.29) is 6.61 Å². The fourth-order valence-electron chi connectivity index (χ4n) is 4.37. The van der Waals surface area contributed by atoms with Gasteiger partial charge in [-0.05, 0) is 61.9 Å². The highest BCUT2D eigenvalue weighted by molar-refractivity contribution is 7.22. The average molecular weight is 476 g/mol. The zero-order chi connectivity index (χ0) is 23.7. The summed E-state index contributed by atoms with van der Waals surface area (Å²) in [4.78, 5) is 34.9. The molecule has 1 amide bonds. The molecule has 34 heavy (non-hydrogen) atoms. The van der Waals surface area contributed by atoms with E-state index in [0.717, 1.165) is 57.4 Å². The molecule has 0 radical (unpaired) electrons. The van der Waals surface area contributed by atoms with E-state index >= 15 is 0 Å². The number of hydrogen-bond donors (Lipinski definition) is 1. The Morgan fingerprint density at radius 3 is 2.85 bits per heavy atom. The maximum Gasteiger partial charge on any atom is 0.339 e. The second kappa shape index (κ2) is 9.38. The summed E-state index contributed by atoms with van der Waals surface area (Å²) >= 11 is 1.35. The summed E-state index contributed by atoms with van der Waals surface area (Å²) in [6, 6.07) is 13.2. The zero-order valence-electron chi connectivity index (χ0n) is 19.1. The van der Waals surface area contributed by atoms with Crippen molar-refractivity contribution in [3.63, 3.8) is 0 Å². The number of carbonyl (C=O) groups excluding carboxylic acids is 2. The predicted molar refractivity (Wildman–Crippen MR) is 133 cm³/mol. The SMILES string of the molecule is CCOc1ccc2nc(NC(=O)COC(=O)c3c4c(nc5ccccc35)CCC(C)C4)sc2c1. The molecule has 0 saturated heterocycles. The smallest absolute Gasteiger partial charge is 0.339 e. The van der Waals surface area contributed by atoms with E-state index in [1.165, 1.54) is 11.3 Å². The van der Waals surface area contributed by atoms with Crippen molar-refractivity contribution in [1.82, 2.24) is 9.97 Å². The van der Waals surface area contributed by atoms with Crippen LogP contribution < -0.4 is 10.1 Å². The lowest BCUT2D eigenvalue weighted by atomic mass is 9.84. The van der Waals surface area contributed by atoms with Gasteiger partial charge in [0.1, 0.15) is 5.75 Å². The van der Waals surface area contributed by atoms with Crippen LogP contribution in [0.4, 0.5) is 5.13 Å². The van der Waals surface area contributed by atoms with Gasteiger partial charge >= 0.3 is 5.97 Å². The van der Waals surface area contributed by atoms with Crippen LogP contribution in [0.5, 0.6) is 5.75 Å². The lowest BCUT2D eigenvalue weighted by Gasteiger charge is -2.24. The topological polar surface area (TPSA) is 90.4 Å². The molecule has 0 fully saturated rings. The lowest BCUT2D eigenvalue weighted by molar-refractivity contribution is -0.119. The van der Waals surface area contributed by atoms with Gasteiger partial charge in [0, 0.05) is 11.1 Å². The van der Waals surface area contributed by atoms with Gasteiger partial charge in [0.05, 0.1) is 27.9 Å². The van der Waals surface area contributed by atoms with E-state index in [0.29, 0.717) is 23.2 Å². The maximum absolute atomic E-state index is 13.2. The van der Waals surface area contributed by atoms with Crippen LogP contribution in [0.25, 0.3) is 21.1 Å². The molecular formula is C26H25N3O4S. The van der Waals surface area contributed by atoms with Crippen molar-refractivity contribution in [2.45, 2.75) is 33.1 Å². The Labute approximate surface area is 201 Å². The van der Waals surface area contributed by atoms with Crippen LogP contribution in [0, 0.1) is 5.92 Å². The predicted octanol–water partition coefficient (Wildman–Crippen LogP) is 5.16. The number of carbonyl (C=O) groups is 2. The molecule has 1 atom stereocenters. The molecule has 0 aliphatic heterocycles. The summed E-state index contributed by atoms with van der Waals surface area (Å²) in [5, 5.41) is 3.94. The minimum atomic E-state index is -0.496. The maximum atomic E-state index is 13.2. The number of ether oxygens (including phenoxy) is 2. The van der Waals surface area contributed by atoms with Crippen molar-refractivity contribution in [3.8, 4) is 5.75 Å². The van der Waals surface area contributed by atoms with Gasteiger partial charge in [-0.15, -0.1) is 0 Å². The molecule has 2 heterocycles. The van der Waals surface area contributed by atoms with Gasteiger partial charge < -0.3 is 9.47 Å². The molecule has 4 aromatic rings. The number of para-hydroxylation sites is 1. The van der Waals surface area contributed by atoms with Gasteiger partial charge in [0.25, 0.3) is 5.91 Å². The number of benzene rings is 2. The van der Waals surface area contributed by atoms with Crippen LogP contribution in [0.15, 0.2) is 42.5 Å². The monoisotopic (exact) mass is 475 g/mol. The van der Waals surface area contributed by atoms with Gasteiger partial charge in [0.15, 0.2) is 11.7 Å². The Morgan fingerprint density at radius 1 is 1.15 bits per heavy atom. The van der Waals surface area contributed by atoms with E-state index in [4.69, 9.17) is 14.5 Å². The number of aryl methyl sites for hydroxylation is 1. The summed E-state index contributed by atoms with van der Waals surface area (Å²) in [7, 11) is 0. The Hall–Kier alpha value is -3.52. The minimum absolute atomic E-state index is 0.389. The van der Waals surface area contributed by atoms with Gasteiger partial charge in [-0.25, -0.2) is 9.78 Å². The van der Waals surface area contributed by atoms with E-state index in [2.05, 4.69) is 17.2 Å². The number of fused-ring (bicyclic) bond motifs is 3. The number of nitrogens with one attached hydrogen (secondary N) is 1. The molecule has 7 nitrogen and oxygen atoms in total. The molecule has 0 saturated carbocycles. The number of thiazole rings is 1. The average Bonchev–Trinajstić information content (AvgIpc) is 3.22. The number of esters is 1. The highest BCUT2D eigenvalue weighted by Gasteiger charge is 2.26. The molecule has 2 aromatic carbocycles. The van der Waals surface area contributed by atoms with E-state index < -0.39 is 11.9 Å². The first-order chi connectivity index (χ1) is 16.5. The first kappa shape index (κ1) is 22.3. The molecule has 1 unspecified atom stereocenters. The third kappa shape index (κ3) is 4.46. The van der Waals surface area contributed by atoms with E-state index in [1.54, 1.807) is 0 Å². The van der Waals surface area contributed by atoms with Crippen molar-refractivity contribution in [1.29, 1.82) is 0 Å². The quantitative estimate of drug-likeness (QED) is 0.387. The first-order valence-corrected chi connectivity index (χ1v) is 12.2. The molecule has 8 heteroatoms. The number of anilines is 1. The number of aromatic nitrogens is 2. The number of pyridine rings is 1. The number of rotatable bonds is 6. The van der Waals surface area contributed by atoms with Gasteiger partial charge in [-0.1, -0.05) is 36.5 Å². The van der Waals surface area contributed by atoms with Crippen molar-refractivity contribution in [2.75, 3.05) is 18.5 Å². The summed E-state index contributed by atoms with van der Waals surface area (Å²) in [5.74, 6) is 0.295. The molecular weight excluding hydrogens is 450 g/mol. The summed E-state index contributed by atoms with van der Waals surface area (Å²) in [6.07, 6.45) is 2.66. The Balaban J connectivity index is 1.32. The minimum Gasteiger partial charge on any atom is -0.494 e. The van der Waals surface area contributed by atoms with Crippen molar-refractivity contribution in [3.05, 3.63) is 59.3 Å². The van der Waals surface area contributed by atoms with Crippen LogP contribution in [0.1, 0.15) is 41.9 Å². The largest absolute Gasteiger partial charge is 0.494 e. The highest BCUT2D eigenvalue weighted by Crippen LogP contribution is 2.32. The van der Waals surface area contributed by atoms with Gasteiger partial charge in [-0.2, -0.15) is 0 Å². The van der Waals surface area contributed by atoms with Crippen molar-refractivity contribution >= 4 is 49.5 Å². The third-order valence-corrected chi connectivity index (χ3v) is 6.89. The van der Waals surface area contributed by atoms with Crippen LogP contribution in [-0.4, -0.2) is 35.1 Å². The molecule has 0 spiro atoms. The van der Waals surface area contributed by atoms with Crippen LogP contribution in [0.3, 0.4) is 0 Å². The van der Waals surface area contributed by atoms with Crippen LogP contribution in [0.2, 0.25) is 0 Å². The normalized spacial score (nSPS) is 15.2. The second-order valence-electron chi connectivity index (χ2n) is 8.48. The van der Waals surface area contributed by atoms with Crippen molar-refractivity contribution in [2.24, 2.45) is 5.92 Å². The molecule has 1 N–H and O–H groups in total. The zero-order valence-corrected chi connectivity index (χ0v) is 19.9. The lowest BCUT2D eigenvalue weighted by Crippen LogP contribution is -2.23. The summed E-state index contributed by atoms with van der Waals surface area (Å²) in [6.45, 7) is 4.29. The Kier molecular flexibility index (Phi) is 6.15. The second-order valence-corrected chi connectivity index (χ2v) is 9.51.